The second kappa shape index (κ2) is 5.45. The lowest BCUT2D eigenvalue weighted by Crippen LogP contribution is -2.12. The van der Waals surface area contributed by atoms with E-state index < -0.39 is 23.6 Å². The lowest BCUT2D eigenvalue weighted by Gasteiger charge is -2.14. The largest absolute Gasteiger partial charge is 0.505 e. The summed E-state index contributed by atoms with van der Waals surface area (Å²) in [6.07, 6.45) is 2.70. The third-order valence-electron chi connectivity index (χ3n) is 2.42. The first-order valence-corrected chi connectivity index (χ1v) is 5.09. The van der Waals surface area contributed by atoms with Crippen molar-refractivity contribution < 1.29 is 19.4 Å². The molecule has 0 saturated heterocycles. The fraction of sp³-hybridized carbons (Fsp3) is 0.250. The smallest absolute Gasteiger partial charge is 0.335 e. The molecule has 0 bridgehead atoms. The predicted octanol–water partition coefficient (Wildman–Crippen LogP) is 2.20. The number of hydrogen-bond acceptors (Lipinski definition) is 3. The van der Waals surface area contributed by atoms with Gasteiger partial charge in [-0.25, -0.2) is 9.18 Å². The molecule has 1 atom stereocenters. The highest BCUT2D eigenvalue weighted by Crippen LogP contribution is 2.29. The lowest BCUT2D eigenvalue weighted by molar-refractivity contribution is 0.0696. The van der Waals surface area contributed by atoms with Crippen LogP contribution in [0.1, 0.15) is 34.8 Å². The van der Waals surface area contributed by atoms with Crippen LogP contribution in [0.3, 0.4) is 0 Å². The molecule has 0 aliphatic heterocycles. The molecule has 1 rings (SSSR count). The fourth-order valence-corrected chi connectivity index (χ4v) is 1.48. The van der Waals surface area contributed by atoms with E-state index in [0.29, 0.717) is 12.8 Å². The third kappa shape index (κ3) is 3.04. The van der Waals surface area contributed by atoms with Crippen molar-refractivity contribution in [1.29, 1.82) is 0 Å². The van der Waals surface area contributed by atoms with Gasteiger partial charge in [-0.1, -0.05) is 6.08 Å². The molecular weight excluding hydrogens is 225 g/mol. The Labute approximate surface area is 98.2 Å². The molecule has 0 unspecified atom stereocenters. The van der Waals surface area contributed by atoms with E-state index in [-0.39, 0.29) is 11.1 Å². The highest BCUT2D eigenvalue weighted by atomic mass is 19.1. The minimum atomic E-state index is -1.26. The van der Waals surface area contributed by atoms with Gasteiger partial charge in [-0.05, 0) is 25.0 Å². The Morgan fingerprint density at radius 1 is 1.59 bits per heavy atom. The molecule has 0 radical (unpaired) electrons. The number of carboxylic acids is 1. The zero-order valence-electron chi connectivity index (χ0n) is 9.19. The first-order valence-electron chi connectivity index (χ1n) is 5.09. The van der Waals surface area contributed by atoms with Gasteiger partial charge in [0.2, 0.25) is 0 Å². The first kappa shape index (κ1) is 13.2. The van der Waals surface area contributed by atoms with Gasteiger partial charge in [0.15, 0.2) is 11.6 Å². The number of nitrogens with two attached hydrogens (primary N) is 1. The number of aromatic carboxylic acids is 1. The van der Waals surface area contributed by atoms with Crippen LogP contribution in [0.15, 0.2) is 24.8 Å². The molecule has 4 N–H and O–H groups in total. The summed E-state index contributed by atoms with van der Waals surface area (Å²) < 4.78 is 13.3. The van der Waals surface area contributed by atoms with Crippen LogP contribution in [-0.2, 0) is 0 Å². The van der Waals surface area contributed by atoms with Gasteiger partial charge in [-0.15, -0.1) is 6.58 Å². The summed E-state index contributed by atoms with van der Waals surface area (Å²) in [5.41, 5.74) is 5.62. The molecule has 0 heterocycles. The second-order valence-corrected chi connectivity index (χ2v) is 3.67. The zero-order chi connectivity index (χ0) is 13.0. The van der Waals surface area contributed by atoms with Gasteiger partial charge < -0.3 is 15.9 Å². The Morgan fingerprint density at radius 3 is 2.76 bits per heavy atom. The molecule has 0 fully saturated rings. The summed E-state index contributed by atoms with van der Waals surface area (Å²) in [4.78, 5) is 10.7. The van der Waals surface area contributed by atoms with Crippen molar-refractivity contribution in [3.05, 3.63) is 41.7 Å². The van der Waals surface area contributed by atoms with Crippen LogP contribution in [0.2, 0.25) is 0 Å². The molecule has 0 amide bonds. The lowest BCUT2D eigenvalue weighted by atomic mass is 9.99. The predicted molar refractivity (Wildman–Crippen MR) is 61.4 cm³/mol. The quantitative estimate of drug-likeness (QED) is 0.688. The number of carbonyl (C=O) groups is 1. The van der Waals surface area contributed by atoms with Crippen LogP contribution >= 0.6 is 0 Å². The Bertz CT molecular complexity index is 446. The van der Waals surface area contributed by atoms with Gasteiger partial charge in [-0.2, -0.15) is 0 Å². The molecule has 1 aromatic carbocycles. The summed E-state index contributed by atoms with van der Waals surface area (Å²) in [7, 11) is 0. The fourth-order valence-electron chi connectivity index (χ4n) is 1.48. The van der Waals surface area contributed by atoms with Crippen LogP contribution in [0.5, 0.6) is 5.75 Å². The van der Waals surface area contributed by atoms with Gasteiger partial charge in [0.1, 0.15) is 0 Å². The van der Waals surface area contributed by atoms with Crippen molar-refractivity contribution in [2.24, 2.45) is 5.73 Å². The van der Waals surface area contributed by atoms with E-state index in [4.69, 9.17) is 10.8 Å². The van der Waals surface area contributed by atoms with Gasteiger partial charge in [0.05, 0.1) is 5.56 Å². The highest BCUT2D eigenvalue weighted by molar-refractivity contribution is 5.88. The minimum Gasteiger partial charge on any atom is -0.505 e. The Morgan fingerprint density at radius 2 is 2.24 bits per heavy atom. The maximum atomic E-state index is 13.3. The van der Waals surface area contributed by atoms with E-state index in [2.05, 4.69) is 6.58 Å². The molecule has 0 spiro atoms. The average molecular weight is 239 g/mol. The second-order valence-electron chi connectivity index (χ2n) is 3.67. The number of halogens is 1. The molecule has 0 aliphatic carbocycles. The van der Waals surface area contributed by atoms with Gasteiger partial charge >= 0.3 is 5.97 Å². The normalized spacial score (nSPS) is 12.1. The Kier molecular flexibility index (Phi) is 4.23. The monoisotopic (exact) mass is 239 g/mol. The van der Waals surface area contributed by atoms with Crippen molar-refractivity contribution in [3.8, 4) is 5.75 Å². The van der Waals surface area contributed by atoms with E-state index in [9.17, 15) is 14.3 Å². The molecule has 92 valence electrons. The number of rotatable bonds is 5. The molecule has 0 aromatic heterocycles. The Balaban J connectivity index is 3.12. The SMILES string of the molecule is C=CCC[C@H](N)c1cc(C(=O)O)cc(F)c1O. The van der Waals surface area contributed by atoms with Gasteiger partial charge in [-0.3, -0.25) is 0 Å². The number of phenolic OH excluding ortho intramolecular Hbond substituents is 1. The van der Waals surface area contributed by atoms with Crippen molar-refractivity contribution >= 4 is 5.97 Å². The molecule has 0 aliphatic rings. The van der Waals surface area contributed by atoms with E-state index >= 15 is 0 Å². The van der Waals surface area contributed by atoms with E-state index in [1.165, 1.54) is 6.07 Å². The summed E-state index contributed by atoms with van der Waals surface area (Å²) in [5, 5.41) is 18.3. The number of hydrogen-bond donors (Lipinski definition) is 3. The zero-order valence-corrected chi connectivity index (χ0v) is 9.19. The van der Waals surface area contributed by atoms with Crippen LogP contribution in [0.4, 0.5) is 4.39 Å². The molecule has 0 saturated carbocycles. The van der Waals surface area contributed by atoms with Crippen LogP contribution in [-0.4, -0.2) is 16.2 Å². The number of carboxylic acid groups (broad SMARTS) is 1. The van der Waals surface area contributed by atoms with Crippen molar-refractivity contribution in [2.75, 3.05) is 0 Å². The van der Waals surface area contributed by atoms with E-state index in [1.54, 1.807) is 6.08 Å². The molecule has 5 heteroatoms. The van der Waals surface area contributed by atoms with Crippen molar-refractivity contribution in [1.82, 2.24) is 0 Å². The molecule has 1 aromatic rings. The number of aromatic hydroxyl groups is 1. The Hall–Kier alpha value is -1.88. The van der Waals surface area contributed by atoms with Crippen molar-refractivity contribution in [2.45, 2.75) is 18.9 Å². The number of phenols is 1. The third-order valence-corrected chi connectivity index (χ3v) is 2.42. The minimum absolute atomic E-state index is 0.101. The standard InChI is InChI=1S/C12H14FNO3/c1-2-3-4-10(14)8-5-7(12(16)17)6-9(13)11(8)15/h2,5-6,10,15H,1,3-4,14H2,(H,16,17)/t10-/m0/s1. The van der Waals surface area contributed by atoms with E-state index in [1.807, 2.05) is 0 Å². The highest BCUT2D eigenvalue weighted by Gasteiger charge is 2.17. The number of allylic oxidation sites excluding steroid dienone is 1. The molecular formula is C12H14FNO3. The van der Waals surface area contributed by atoms with E-state index in [0.717, 1.165) is 6.07 Å². The first-order chi connectivity index (χ1) is 7.97. The summed E-state index contributed by atoms with van der Waals surface area (Å²) in [5.74, 6) is -2.83. The summed E-state index contributed by atoms with van der Waals surface area (Å²) in [6, 6.07) is 1.33. The molecule has 17 heavy (non-hydrogen) atoms. The van der Waals surface area contributed by atoms with Crippen LogP contribution < -0.4 is 5.73 Å². The average Bonchev–Trinajstić information content (AvgIpc) is 2.29. The maximum Gasteiger partial charge on any atom is 0.335 e. The molecule has 4 nitrogen and oxygen atoms in total. The number of benzene rings is 1. The topological polar surface area (TPSA) is 83.6 Å². The summed E-state index contributed by atoms with van der Waals surface area (Å²) >= 11 is 0. The van der Waals surface area contributed by atoms with Crippen LogP contribution in [0, 0.1) is 5.82 Å². The van der Waals surface area contributed by atoms with Gasteiger partial charge in [0.25, 0.3) is 0 Å². The maximum absolute atomic E-state index is 13.3. The summed E-state index contributed by atoms with van der Waals surface area (Å²) in [6.45, 7) is 3.53. The van der Waals surface area contributed by atoms with Gasteiger partial charge in [0, 0.05) is 11.6 Å². The van der Waals surface area contributed by atoms with Crippen LogP contribution in [0.25, 0.3) is 0 Å². The van der Waals surface area contributed by atoms with Crippen molar-refractivity contribution in [3.63, 3.8) is 0 Å².